The van der Waals surface area contributed by atoms with E-state index in [2.05, 4.69) is 5.32 Å². The van der Waals surface area contributed by atoms with Gasteiger partial charge in [-0.05, 0) is 37.3 Å². The molecule has 8 heteroatoms. The van der Waals surface area contributed by atoms with Gasteiger partial charge in [0, 0.05) is 16.3 Å². The van der Waals surface area contributed by atoms with E-state index in [0.717, 1.165) is 11.3 Å². The van der Waals surface area contributed by atoms with E-state index in [1.54, 1.807) is 49.4 Å². The van der Waals surface area contributed by atoms with Gasteiger partial charge in [-0.3, -0.25) is 4.79 Å². The molecule has 3 aromatic rings. The van der Waals surface area contributed by atoms with E-state index in [4.69, 9.17) is 17.3 Å². The third-order valence-electron chi connectivity index (χ3n) is 3.74. The fourth-order valence-corrected chi connectivity index (χ4v) is 5.63. The molecule has 0 spiro atoms. The van der Waals surface area contributed by atoms with Crippen molar-refractivity contribution in [1.29, 1.82) is 0 Å². The van der Waals surface area contributed by atoms with Crippen molar-refractivity contribution in [3.05, 3.63) is 70.1 Å². The Morgan fingerprint density at radius 3 is 2.46 bits per heavy atom. The lowest BCUT2D eigenvalue weighted by atomic mass is 10.3. The maximum Gasteiger partial charge on any atom is 0.267 e. The van der Waals surface area contributed by atoms with Crippen LogP contribution in [-0.4, -0.2) is 14.3 Å². The van der Waals surface area contributed by atoms with Gasteiger partial charge in [-0.25, -0.2) is 8.42 Å². The van der Waals surface area contributed by atoms with Crippen LogP contribution in [0, 0.1) is 6.92 Å². The van der Waals surface area contributed by atoms with Crippen LogP contribution in [0.25, 0.3) is 0 Å². The number of sulfone groups is 1. The first-order valence-electron chi connectivity index (χ1n) is 7.56. The van der Waals surface area contributed by atoms with Crippen LogP contribution in [0.5, 0.6) is 0 Å². The van der Waals surface area contributed by atoms with Gasteiger partial charge in [-0.1, -0.05) is 35.9 Å². The van der Waals surface area contributed by atoms with Crippen molar-refractivity contribution >= 4 is 49.4 Å². The van der Waals surface area contributed by atoms with Crippen LogP contribution in [0.2, 0.25) is 5.02 Å². The Hall–Kier alpha value is -2.35. The molecular formula is C18H15ClN2O3S2. The molecule has 3 rings (SSSR count). The summed E-state index contributed by atoms with van der Waals surface area (Å²) in [6, 6.07) is 14.6. The molecule has 134 valence electrons. The van der Waals surface area contributed by atoms with Crippen LogP contribution in [0.15, 0.2) is 64.4 Å². The van der Waals surface area contributed by atoms with E-state index in [1.807, 2.05) is 0 Å². The summed E-state index contributed by atoms with van der Waals surface area (Å²) in [5.74, 6) is -0.549. The second kappa shape index (κ2) is 7.11. The molecule has 1 aromatic heterocycles. The molecule has 0 unspecified atom stereocenters. The normalized spacial score (nSPS) is 11.3. The average Bonchev–Trinajstić information content (AvgIpc) is 2.91. The van der Waals surface area contributed by atoms with Gasteiger partial charge in [-0.15, -0.1) is 11.3 Å². The molecular weight excluding hydrogens is 392 g/mol. The standard InChI is InChI=1S/C18H15ClN2O3S2/c1-11-16(26(23,24)14-8-3-2-4-9-14)15(25-17(11)20)18(22)21-13-7-5-6-12(19)10-13/h2-10H,20H2,1H3,(H,21,22). The van der Waals surface area contributed by atoms with Gasteiger partial charge in [0.25, 0.3) is 5.91 Å². The van der Waals surface area contributed by atoms with Gasteiger partial charge in [0.2, 0.25) is 9.84 Å². The molecule has 0 bridgehead atoms. The van der Waals surface area contributed by atoms with Crippen LogP contribution in [-0.2, 0) is 9.84 Å². The number of halogens is 1. The molecule has 2 aromatic carbocycles. The Labute approximate surface area is 160 Å². The molecule has 1 heterocycles. The highest BCUT2D eigenvalue weighted by atomic mass is 35.5. The van der Waals surface area contributed by atoms with Gasteiger partial charge >= 0.3 is 0 Å². The third-order valence-corrected chi connectivity index (χ3v) is 7.16. The summed E-state index contributed by atoms with van der Waals surface area (Å²) < 4.78 is 26.1. The van der Waals surface area contributed by atoms with Crippen LogP contribution >= 0.6 is 22.9 Å². The minimum atomic E-state index is -3.88. The number of thiophene rings is 1. The zero-order valence-electron chi connectivity index (χ0n) is 13.7. The van der Waals surface area contributed by atoms with Gasteiger partial charge in [0.05, 0.1) is 9.90 Å². The number of nitrogen functional groups attached to an aromatic ring is 1. The molecule has 26 heavy (non-hydrogen) atoms. The number of rotatable bonds is 4. The van der Waals surface area contributed by atoms with Crippen molar-refractivity contribution in [2.45, 2.75) is 16.7 Å². The quantitative estimate of drug-likeness (QED) is 0.672. The minimum absolute atomic E-state index is 0.0452. The predicted molar refractivity (Wildman–Crippen MR) is 105 cm³/mol. The Morgan fingerprint density at radius 1 is 1.12 bits per heavy atom. The molecule has 0 aliphatic heterocycles. The number of benzene rings is 2. The molecule has 0 fully saturated rings. The van der Waals surface area contributed by atoms with Crippen molar-refractivity contribution in [1.82, 2.24) is 0 Å². The summed E-state index contributed by atoms with van der Waals surface area (Å²) in [5, 5.41) is 3.42. The van der Waals surface area contributed by atoms with Crippen molar-refractivity contribution in [2.24, 2.45) is 0 Å². The Bertz CT molecular complexity index is 1080. The number of carbonyl (C=O) groups is 1. The molecule has 0 saturated heterocycles. The highest BCUT2D eigenvalue weighted by Crippen LogP contribution is 2.37. The highest BCUT2D eigenvalue weighted by molar-refractivity contribution is 7.91. The van der Waals surface area contributed by atoms with Crippen LogP contribution in [0.3, 0.4) is 0 Å². The SMILES string of the molecule is Cc1c(N)sc(C(=O)Nc2cccc(Cl)c2)c1S(=O)(=O)c1ccccc1. The number of nitrogens with one attached hydrogen (secondary N) is 1. The lowest BCUT2D eigenvalue weighted by Crippen LogP contribution is -2.15. The number of hydrogen-bond donors (Lipinski definition) is 2. The second-order valence-electron chi connectivity index (χ2n) is 5.53. The van der Waals surface area contributed by atoms with E-state index < -0.39 is 15.7 Å². The van der Waals surface area contributed by atoms with Crippen molar-refractivity contribution in [3.8, 4) is 0 Å². The fourth-order valence-electron chi connectivity index (χ4n) is 2.46. The predicted octanol–water partition coefficient (Wildman–Crippen LogP) is 4.38. The monoisotopic (exact) mass is 406 g/mol. The summed E-state index contributed by atoms with van der Waals surface area (Å²) in [5.41, 5.74) is 6.76. The molecule has 1 amide bonds. The molecule has 0 atom stereocenters. The van der Waals surface area contributed by atoms with Gasteiger partial charge in [0.1, 0.15) is 9.77 Å². The first kappa shape index (κ1) is 18.4. The van der Waals surface area contributed by atoms with Crippen molar-refractivity contribution in [3.63, 3.8) is 0 Å². The fraction of sp³-hybridized carbons (Fsp3) is 0.0556. The summed E-state index contributed by atoms with van der Waals surface area (Å²) in [6.07, 6.45) is 0. The van der Waals surface area contributed by atoms with Crippen LogP contribution in [0.4, 0.5) is 10.7 Å². The van der Waals surface area contributed by atoms with Crippen molar-refractivity contribution < 1.29 is 13.2 Å². The van der Waals surface area contributed by atoms with Gasteiger partial charge < -0.3 is 11.1 Å². The van der Waals surface area contributed by atoms with E-state index >= 15 is 0 Å². The number of carbonyl (C=O) groups excluding carboxylic acids is 1. The summed E-state index contributed by atoms with van der Waals surface area (Å²) in [4.78, 5) is 12.8. The highest BCUT2D eigenvalue weighted by Gasteiger charge is 2.30. The van der Waals surface area contributed by atoms with E-state index in [-0.39, 0.29) is 19.7 Å². The molecule has 3 N–H and O–H groups in total. The first-order chi connectivity index (χ1) is 12.3. The topological polar surface area (TPSA) is 89.3 Å². The summed E-state index contributed by atoms with van der Waals surface area (Å²) in [6.45, 7) is 1.60. The lowest BCUT2D eigenvalue weighted by Gasteiger charge is -2.09. The Kier molecular flexibility index (Phi) is 5.04. The molecule has 0 saturated carbocycles. The Balaban J connectivity index is 2.07. The first-order valence-corrected chi connectivity index (χ1v) is 10.2. The molecule has 0 aliphatic rings. The van der Waals surface area contributed by atoms with Crippen molar-refractivity contribution in [2.75, 3.05) is 11.1 Å². The molecule has 0 radical (unpaired) electrons. The zero-order valence-corrected chi connectivity index (χ0v) is 16.1. The third kappa shape index (κ3) is 3.46. The summed E-state index contributed by atoms with van der Waals surface area (Å²) >= 11 is 6.87. The minimum Gasteiger partial charge on any atom is -0.390 e. The van der Waals surface area contributed by atoms with Crippen LogP contribution in [0.1, 0.15) is 15.2 Å². The van der Waals surface area contributed by atoms with E-state index in [1.165, 1.54) is 12.1 Å². The lowest BCUT2D eigenvalue weighted by molar-refractivity contribution is 0.102. The average molecular weight is 407 g/mol. The van der Waals surface area contributed by atoms with Gasteiger partial charge in [0.15, 0.2) is 0 Å². The second-order valence-corrected chi connectivity index (χ2v) is 8.91. The number of hydrogen-bond acceptors (Lipinski definition) is 5. The number of amides is 1. The molecule has 0 aliphatic carbocycles. The Morgan fingerprint density at radius 2 is 1.81 bits per heavy atom. The number of nitrogens with two attached hydrogens (primary N) is 1. The maximum atomic E-state index is 13.0. The summed E-state index contributed by atoms with van der Waals surface area (Å²) in [7, 11) is -3.88. The number of anilines is 2. The van der Waals surface area contributed by atoms with Crippen LogP contribution < -0.4 is 11.1 Å². The largest absolute Gasteiger partial charge is 0.390 e. The van der Waals surface area contributed by atoms with Gasteiger partial charge in [-0.2, -0.15) is 0 Å². The zero-order chi connectivity index (χ0) is 18.9. The molecule has 5 nitrogen and oxygen atoms in total. The smallest absolute Gasteiger partial charge is 0.267 e. The maximum absolute atomic E-state index is 13.0. The van der Waals surface area contributed by atoms with E-state index in [9.17, 15) is 13.2 Å². The van der Waals surface area contributed by atoms with E-state index in [0.29, 0.717) is 16.3 Å².